The lowest BCUT2D eigenvalue weighted by atomic mass is 10.1. The summed E-state index contributed by atoms with van der Waals surface area (Å²) in [4.78, 5) is 39.5. The number of anilines is 2. The van der Waals surface area contributed by atoms with Gasteiger partial charge in [-0.25, -0.2) is 0 Å². The molecule has 0 aromatic heterocycles. The zero-order chi connectivity index (χ0) is 21.8. The maximum Gasteiger partial charge on any atom is 0.270 e. The van der Waals surface area contributed by atoms with Gasteiger partial charge in [0.1, 0.15) is 0 Å². The molecule has 8 nitrogen and oxygen atoms in total. The molecule has 0 aliphatic carbocycles. The Balaban J connectivity index is 1.47. The fourth-order valence-corrected chi connectivity index (χ4v) is 4.22. The van der Waals surface area contributed by atoms with E-state index in [1.54, 1.807) is 11.0 Å². The number of nitrogens with zero attached hydrogens (tertiary/aromatic N) is 3. The summed E-state index contributed by atoms with van der Waals surface area (Å²) in [6.07, 6.45) is 4.71. The van der Waals surface area contributed by atoms with E-state index in [1.165, 1.54) is 12.1 Å². The van der Waals surface area contributed by atoms with Gasteiger partial charge in [-0.05, 0) is 49.4 Å². The van der Waals surface area contributed by atoms with Crippen LogP contribution in [0.5, 0.6) is 0 Å². The van der Waals surface area contributed by atoms with Crippen molar-refractivity contribution in [3.63, 3.8) is 0 Å². The normalized spacial score (nSPS) is 16.5. The van der Waals surface area contributed by atoms with Gasteiger partial charge in [0.05, 0.1) is 16.2 Å². The van der Waals surface area contributed by atoms with Gasteiger partial charge in [-0.3, -0.25) is 19.7 Å². The van der Waals surface area contributed by atoms with Crippen molar-refractivity contribution in [3.8, 4) is 0 Å². The first-order valence-electron chi connectivity index (χ1n) is 10.7. The van der Waals surface area contributed by atoms with E-state index in [2.05, 4.69) is 10.2 Å². The van der Waals surface area contributed by atoms with Crippen molar-refractivity contribution < 1.29 is 14.5 Å². The minimum atomic E-state index is -0.477. The fourth-order valence-electron chi connectivity index (χ4n) is 4.22. The highest BCUT2D eigenvalue weighted by Crippen LogP contribution is 2.28. The van der Waals surface area contributed by atoms with Crippen LogP contribution < -0.4 is 15.1 Å². The number of carbonyl (C=O) groups excluding carboxylic acids is 2. The number of carbonyl (C=O) groups is 2. The molecule has 31 heavy (non-hydrogen) atoms. The predicted octanol–water partition coefficient (Wildman–Crippen LogP) is 3.64. The van der Waals surface area contributed by atoms with Crippen LogP contribution in [0.3, 0.4) is 0 Å². The van der Waals surface area contributed by atoms with Crippen LogP contribution in [0.1, 0.15) is 48.0 Å². The second-order valence-electron chi connectivity index (χ2n) is 8.00. The smallest absolute Gasteiger partial charge is 0.270 e. The number of nitro groups is 1. The van der Waals surface area contributed by atoms with E-state index in [0.29, 0.717) is 18.5 Å². The van der Waals surface area contributed by atoms with Crippen molar-refractivity contribution in [1.29, 1.82) is 0 Å². The van der Waals surface area contributed by atoms with E-state index in [-0.39, 0.29) is 17.5 Å². The molecular weight excluding hydrogens is 396 g/mol. The van der Waals surface area contributed by atoms with Crippen molar-refractivity contribution in [2.75, 3.05) is 29.4 Å². The second-order valence-corrected chi connectivity index (χ2v) is 8.00. The molecule has 2 amide bonds. The maximum absolute atomic E-state index is 13.0. The number of non-ortho nitro benzene ring substituents is 1. The van der Waals surface area contributed by atoms with Gasteiger partial charge < -0.3 is 15.1 Å². The molecule has 0 atom stereocenters. The van der Waals surface area contributed by atoms with Crippen LogP contribution in [0.4, 0.5) is 17.1 Å². The Morgan fingerprint density at radius 3 is 2.39 bits per heavy atom. The zero-order valence-electron chi connectivity index (χ0n) is 17.4. The molecule has 2 heterocycles. The third kappa shape index (κ3) is 4.68. The molecule has 0 spiro atoms. The third-order valence-corrected chi connectivity index (χ3v) is 5.91. The summed E-state index contributed by atoms with van der Waals surface area (Å²) in [5.74, 6) is -0.194. The van der Waals surface area contributed by atoms with E-state index in [4.69, 9.17) is 0 Å². The maximum atomic E-state index is 13.0. The number of piperidine rings is 1. The van der Waals surface area contributed by atoms with Crippen LogP contribution in [0.25, 0.3) is 0 Å². The Labute approximate surface area is 181 Å². The first-order valence-corrected chi connectivity index (χ1v) is 10.7. The van der Waals surface area contributed by atoms with Crippen LogP contribution in [0.15, 0.2) is 42.5 Å². The van der Waals surface area contributed by atoms with Crippen molar-refractivity contribution in [2.45, 2.75) is 38.6 Å². The minimum Gasteiger partial charge on any atom is -0.371 e. The van der Waals surface area contributed by atoms with Crippen LogP contribution in [0.2, 0.25) is 0 Å². The highest BCUT2D eigenvalue weighted by molar-refractivity contribution is 6.00. The quantitative estimate of drug-likeness (QED) is 0.566. The summed E-state index contributed by atoms with van der Waals surface area (Å²) in [6, 6.07) is 12.1. The molecule has 0 bridgehead atoms. The molecular formula is C23H26N4O4. The highest BCUT2D eigenvalue weighted by Gasteiger charge is 2.23. The third-order valence-electron chi connectivity index (χ3n) is 5.91. The van der Waals surface area contributed by atoms with Crippen LogP contribution in [0, 0.1) is 10.1 Å². The van der Waals surface area contributed by atoms with Gasteiger partial charge >= 0.3 is 0 Å². The average Bonchev–Trinajstić information content (AvgIpc) is 3.23. The van der Waals surface area contributed by atoms with Crippen molar-refractivity contribution in [3.05, 3.63) is 63.7 Å². The number of nitro benzene ring substituents is 1. The molecule has 2 fully saturated rings. The van der Waals surface area contributed by atoms with Gasteiger partial charge in [0, 0.05) is 50.4 Å². The molecule has 8 heteroatoms. The van der Waals surface area contributed by atoms with E-state index in [0.717, 1.165) is 62.3 Å². The molecule has 2 aliphatic heterocycles. The van der Waals surface area contributed by atoms with Gasteiger partial charge in [-0.15, -0.1) is 0 Å². The standard InChI is InChI=1S/C23H26N4O4/c28-22-5-4-14-26(22)18-8-6-17(7-9-18)16-24-23(29)20-15-19(27(30)31)10-11-21(20)25-12-2-1-3-13-25/h6-11,15H,1-5,12-14,16H2,(H,24,29). The Morgan fingerprint density at radius 2 is 1.74 bits per heavy atom. The number of amides is 2. The number of benzene rings is 2. The summed E-state index contributed by atoms with van der Waals surface area (Å²) in [5, 5.41) is 14.1. The molecule has 2 aliphatic rings. The molecule has 2 saturated heterocycles. The summed E-state index contributed by atoms with van der Waals surface area (Å²) >= 11 is 0. The van der Waals surface area contributed by atoms with Crippen LogP contribution in [-0.2, 0) is 11.3 Å². The topological polar surface area (TPSA) is 95.8 Å². The Kier molecular flexibility index (Phi) is 6.16. The predicted molar refractivity (Wildman–Crippen MR) is 118 cm³/mol. The molecule has 0 unspecified atom stereocenters. The van der Waals surface area contributed by atoms with Gasteiger partial charge in [0.25, 0.3) is 11.6 Å². The molecule has 1 N–H and O–H groups in total. The van der Waals surface area contributed by atoms with Gasteiger partial charge in [0.2, 0.25) is 5.91 Å². The number of hydrogen-bond acceptors (Lipinski definition) is 5. The first kappa shape index (κ1) is 20.8. The Hall–Kier alpha value is -3.42. The fraction of sp³-hybridized carbons (Fsp3) is 0.391. The molecule has 4 rings (SSSR count). The van der Waals surface area contributed by atoms with Crippen LogP contribution in [-0.4, -0.2) is 36.4 Å². The van der Waals surface area contributed by atoms with Gasteiger partial charge in [-0.2, -0.15) is 0 Å². The highest BCUT2D eigenvalue weighted by atomic mass is 16.6. The largest absolute Gasteiger partial charge is 0.371 e. The van der Waals surface area contributed by atoms with E-state index >= 15 is 0 Å². The summed E-state index contributed by atoms with van der Waals surface area (Å²) in [7, 11) is 0. The zero-order valence-corrected chi connectivity index (χ0v) is 17.4. The Bertz CT molecular complexity index is 984. The minimum absolute atomic E-state index is 0.0921. The lowest BCUT2D eigenvalue weighted by Gasteiger charge is -2.30. The second kappa shape index (κ2) is 9.16. The lowest BCUT2D eigenvalue weighted by Crippen LogP contribution is -2.32. The number of nitrogens with one attached hydrogen (secondary N) is 1. The van der Waals surface area contributed by atoms with Crippen LogP contribution >= 0.6 is 0 Å². The molecule has 162 valence electrons. The number of hydrogen-bond donors (Lipinski definition) is 1. The van der Waals surface area contributed by atoms with Crippen molar-refractivity contribution in [1.82, 2.24) is 5.32 Å². The van der Waals surface area contributed by atoms with E-state index in [9.17, 15) is 19.7 Å². The van der Waals surface area contributed by atoms with Crippen molar-refractivity contribution >= 4 is 28.9 Å². The Morgan fingerprint density at radius 1 is 1.00 bits per heavy atom. The van der Waals surface area contributed by atoms with Crippen molar-refractivity contribution in [2.24, 2.45) is 0 Å². The SMILES string of the molecule is O=C(NCc1ccc(N2CCCC2=O)cc1)c1cc([N+](=O)[O-])ccc1N1CCCCC1. The van der Waals surface area contributed by atoms with E-state index < -0.39 is 4.92 Å². The average molecular weight is 422 g/mol. The van der Waals surface area contributed by atoms with Gasteiger partial charge in [-0.1, -0.05) is 12.1 Å². The number of rotatable bonds is 6. The molecule has 0 saturated carbocycles. The van der Waals surface area contributed by atoms with Gasteiger partial charge in [0.15, 0.2) is 0 Å². The summed E-state index contributed by atoms with van der Waals surface area (Å²) in [6.45, 7) is 2.72. The lowest BCUT2D eigenvalue weighted by molar-refractivity contribution is -0.384. The molecule has 2 aromatic carbocycles. The molecule has 0 radical (unpaired) electrons. The monoisotopic (exact) mass is 422 g/mol. The first-order chi connectivity index (χ1) is 15.0. The molecule has 2 aromatic rings. The summed E-state index contributed by atoms with van der Waals surface area (Å²) in [5.41, 5.74) is 2.74. The van der Waals surface area contributed by atoms with E-state index in [1.807, 2.05) is 24.3 Å². The summed E-state index contributed by atoms with van der Waals surface area (Å²) < 4.78 is 0.